The summed E-state index contributed by atoms with van der Waals surface area (Å²) in [5, 5.41) is 20.3. The zero-order valence-corrected chi connectivity index (χ0v) is 42.7. The van der Waals surface area contributed by atoms with Crippen molar-refractivity contribution in [3.63, 3.8) is 0 Å². The van der Waals surface area contributed by atoms with Crippen molar-refractivity contribution >= 4 is 45.0 Å². The van der Waals surface area contributed by atoms with Gasteiger partial charge in [0.15, 0.2) is 5.76 Å². The van der Waals surface area contributed by atoms with E-state index in [2.05, 4.69) is 72.3 Å². The highest BCUT2D eigenvalue weighted by Crippen LogP contribution is 2.36. The van der Waals surface area contributed by atoms with E-state index < -0.39 is 18.1 Å². The van der Waals surface area contributed by atoms with Crippen LogP contribution in [0.1, 0.15) is 101 Å². The van der Waals surface area contributed by atoms with E-state index in [4.69, 9.17) is 18.7 Å². The van der Waals surface area contributed by atoms with Gasteiger partial charge in [-0.05, 0) is 98.5 Å². The van der Waals surface area contributed by atoms with Crippen LogP contribution in [0.2, 0.25) is 0 Å². The highest BCUT2D eigenvalue weighted by Gasteiger charge is 2.44. The number of amides is 2. The second-order valence-corrected chi connectivity index (χ2v) is 21.1. The monoisotopic (exact) mass is 994 g/mol. The number of β-amino-alcohol motifs (C(OH)–C–C–N with tert-alkyl or cyclic N) is 1. The number of thiazole rings is 1. The molecule has 1 saturated carbocycles. The van der Waals surface area contributed by atoms with Crippen LogP contribution in [-0.2, 0) is 21.4 Å². The second-order valence-electron chi connectivity index (χ2n) is 20.3. The second kappa shape index (κ2) is 21.9. The molecule has 72 heavy (non-hydrogen) atoms. The van der Waals surface area contributed by atoms with Gasteiger partial charge in [0.2, 0.25) is 17.7 Å². The molecule has 15 nitrogen and oxygen atoms in total. The molecule has 0 radical (unpaired) electrons. The number of aliphatic hydroxyl groups is 1. The minimum Gasteiger partial charge on any atom is -0.476 e. The average molecular weight is 995 g/mol. The number of carbonyl (C=O) groups is 2. The molecule has 2 aromatic carbocycles. The molecule has 0 bridgehead atoms. The molecule has 7 heterocycles. The minimum absolute atomic E-state index is 0.0684. The molecular formula is C56H66N8O7S. The third kappa shape index (κ3) is 10.9. The molecule has 3 fully saturated rings. The number of ether oxygens (including phenoxy) is 3. The Hall–Kier alpha value is -6.20. The van der Waals surface area contributed by atoms with Gasteiger partial charge in [-0.1, -0.05) is 50.2 Å². The number of fused-ring (bicyclic) bond motifs is 3. The molecule has 378 valence electrons. The number of piperidine rings is 1. The zero-order valence-electron chi connectivity index (χ0n) is 41.9. The lowest BCUT2D eigenvalue weighted by atomic mass is 9.91. The van der Waals surface area contributed by atoms with Gasteiger partial charge in [0.05, 0.1) is 52.6 Å². The summed E-state index contributed by atoms with van der Waals surface area (Å²) in [6.07, 6.45) is 12.5. The van der Waals surface area contributed by atoms with Gasteiger partial charge in [-0.2, -0.15) is 0 Å². The van der Waals surface area contributed by atoms with Crippen LogP contribution in [0.3, 0.4) is 0 Å². The molecule has 4 atom stereocenters. The first-order valence-corrected chi connectivity index (χ1v) is 26.6. The fourth-order valence-corrected chi connectivity index (χ4v) is 11.5. The van der Waals surface area contributed by atoms with Gasteiger partial charge >= 0.3 is 0 Å². The fraction of sp³-hybridized carbons (Fsp3) is 0.464. The average Bonchev–Trinajstić information content (AvgIpc) is 4.18. The Morgan fingerprint density at radius 1 is 0.847 bits per heavy atom. The maximum Gasteiger partial charge on any atom is 0.254 e. The van der Waals surface area contributed by atoms with Gasteiger partial charge in [0.1, 0.15) is 18.1 Å². The van der Waals surface area contributed by atoms with Crippen molar-refractivity contribution < 1.29 is 33.4 Å². The zero-order chi connectivity index (χ0) is 49.9. The summed E-state index contributed by atoms with van der Waals surface area (Å²) < 4.78 is 26.6. The lowest BCUT2D eigenvalue weighted by Gasteiger charge is -2.39. The third-order valence-corrected chi connectivity index (χ3v) is 15.9. The molecule has 5 aromatic heterocycles. The number of unbranched alkanes of at least 4 members (excludes halogenated alkanes) is 2. The van der Waals surface area contributed by atoms with Crippen molar-refractivity contribution in [2.75, 3.05) is 32.8 Å². The smallest absolute Gasteiger partial charge is 0.254 e. The molecule has 2 amide bonds. The molecule has 2 N–H and O–H groups in total. The topological polar surface area (TPSA) is 170 Å². The summed E-state index contributed by atoms with van der Waals surface area (Å²) in [4.78, 5) is 46.3. The molecule has 10 rings (SSSR count). The van der Waals surface area contributed by atoms with Gasteiger partial charge in [-0.15, -0.1) is 11.3 Å². The summed E-state index contributed by atoms with van der Waals surface area (Å²) in [6, 6.07) is 21.3. The predicted molar refractivity (Wildman–Crippen MR) is 278 cm³/mol. The molecule has 3 aliphatic rings. The Morgan fingerprint density at radius 3 is 2.39 bits per heavy atom. The maximum atomic E-state index is 14.2. The molecule has 2 saturated heterocycles. The number of rotatable bonds is 19. The van der Waals surface area contributed by atoms with Crippen molar-refractivity contribution in [3.8, 4) is 33.3 Å². The van der Waals surface area contributed by atoms with Crippen LogP contribution in [0.4, 0.5) is 0 Å². The molecule has 2 aliphatic heterocycles. The standard InChI is InChI=1S/C56H66N8O7S/c1-34(2)53(56(67)64-32-41(65)26-49(64)55(66)60-35(3)37-9-11-38(12-10-37)54-36(4)59-33-72-54)50-29-52(61-71-50)68-24-8-6-7-21-63-22-18-42(19-23-63)69-43-27-44(28-43)70-51-16-14-40(30-58-51)39-13-15-45-46-31-57-20-17-47(46)62(5)48(45)25-39/h9-17,20,25,29-31,33-35,41-44,49,53,65H,6-8,18-19,21-24,26-28,32H2,1-5H3,(H,60,66)/t35-,41+,43?,44?,49-,53?/m0/s1. The lowest BCUT2D eigenvalue weighted by molar-refractivity contribution is -0.141. The number of likely N-dealkylation sites (tertiary alicyclic amines) is 2. The van der Waals surface area contributed by atoms with E-state index in [0.717, 1.165) is 103 Å². The number of carbonyl (C=O) groups excluding carboxylic acids is 2. The Labute approximate surface area is 424 Å². The number of aryl methyl sites for hydroxylation is 2. The highest BCUT2D eigenvalue weighted by atomic mass is 32.1. The van der Waals surface area contributed by atoms with Crippen LogP contribution < -0.4 is 14.8 Å². The number of aromatic nitrogens is 5. The maximum absolute atomic E-state index is 14.2. The predicted octanol–water partition coefficient (Wildman–Crippen LogP) is 9.43. The van der Waals surface area contributed by atoms with E-state index in [1.54, 1.807) is 17.4 Å². The molecule has 1 aliphatic carbocycles. The Kier molecular flexibility index (Phi) is 15.0. The Morgan fingerprint density at radius 2 is 1.64 bits per heavy atom. The van der Waals surface area contributed by atoms with Crippen molar-refractivity contribution in [2.45, 2.75) is 121 Å². The first-order chi connectivity index (χ1) is 34.9. The third-order valence-electron chi connectivity index (χ3n) is 14.9. The van der Waals surface area contributed by atoms with E-state index in [1.807, 2.05) is 82.1 Å². The Bertz CT molecular complexity index is 2960. The minimum atomic E-state index is -0.811. The number of hydrogen-bond acceptors (Lipinski definition) is 13. The van der Waals surface area contributed by atoms with Gasteiger partial charge < -0.3 is 43.5 Å². The van der Waals surface area contributed by atoms with Gasteiger partial charge in [-0.3, -0.25) is 14.6 Å². The van der Waals surface area contributed by atoms with Gasteiger partial charge in [0, 0.05) is 98.5 Å². The van der Waals surface area contributed by atoms with E-state index >= 15 is 0 Å². The number of pyridine rings is 2. The summed E-state index contributed by atoms with van der Waals surface area (Å²) in [5.74, 6) is -0.0482. The van der Waals surface area contributed by atoms with Crippen LogP contribution in [0.25, 0.3) is 43.4 Å². The molecule has 16 heteroatoms. The number of nitrogens with one attached hydrogen (secondary N) is 1. The van der Waals surface area contributed by atoms with Crippen LogP contribution in [0.5, 0.6) is 11.8 Å². The molecular weight excluding hydrogens is 929 g/mol. The number of benzene rings is 2. The van der Waals surface area contributed by atoms with Crippen molar-refractivity contribution in [1.82, 2.24) is 39.8 Å². The van der Waals surface area contributed by atoms with Crippen molar-refractivity contribution in [2.24, 2.45) is 13.0 Å². The Balaban J connectivity index is 0.606. The normalized spacial score (nSPS) is 20.5. The van der Waals surface area contributed by atoms with E-state index in [1.165, 1.54) is 21.3 Å². The van der Waals surface area contributed by atoms with E-state index in [0.29, 0.717) is 24.1 Å². The summed E-state index contributed by atoms with van der Waals surface area (Å²) in [6.45, 7) is 11.5. The molecule has 7 aromatic rings. The quantitative estimate of drug-likeness (QED) is 0.0738. The lowest BCUT2D eigenvalue weighted by Crippen LogP contribution is -2.48. The van der Waals surface area contributed by atoms with Gasteiger partial charge in [-0.25, -0.2) is 9.97 Å². The van der Waals surface area contributed by atoms with E-state index in [-0.39, 0.29) is 55.1 Å². The highest BCUT2D eigenvalue weighted by molar-refractivity contribution is 7.13. The van der Waals surface area contributed by atoms with Gasteiger partial charge in [0.25, 0.3) is 5.88 Å². The van der Waals surface area contributed by atoms with Crippen LogP contribution in [0.15, 0.2) is 95.4 Å². The number of aliphatic hydroxyl groups excluding tert-OH is 1. The number of hydrogen-bond donors (Lipinski definition) is 2. The van der Waals surface area contributed by atoms with E-state index in [9.17, 15) is 14.7 Å². The summed E-state index contributed by atoms with van der Waals surface area (Å²) in [7, 11) is 2.10. The molecule has 0 spiro atoms. The fourth-order valence-electron chi connectivity index (χ4n) is 10.7. The SMILES string of the molecule is Cc1ncsc1-c1ccc([C@H](C)NC(=O)[C@@H]2C[C@@H](O)CN2C(=O)C(c2cc(OCCCCCN3CCC(OC4CC(Oc5ccc(-c6ccc7c8cnccc8n(C)c7c6)cn5)C4)CC3)no2)C(C)C)cc1. The van der Waals surface area contributed by atoms with Crippen LogP contribution in [0, 0.1) is 12.8 Å². The largest absolute Gasteiger partial charge is 0.476 e. The van der Waals surface area contributed by atoms with Crippen molar-refractivity contribution in [3.05, 3.63) is 108 Å². The summed E-state index contributed by atoms with van der Waals surface area (Å²) >= 11 is 1.60. The molecule has 1 unspecified atom stereocenters. The van der Waals surface area contributed by atoms with Crippen molar-refractivity contribution in [1.29, 1.82) is 0 Å². The summed E-state index contributed by atoms with van der Waals surface area (Å²) in [5.41, 5.74) is 9.35. The first-order valence-electron chi connectivity index (χ1n) is 25.7. The first kappa shape index (κ1) is 49.4. The number of nitrogens with zero attached hydrogens (tertiary/aromatic N) is 7. The van der Waals surface area contributed by atoms with Crippen LogP contribution >= 0.6 is 11.3 Å². The van der Waals surface area contributed by atoms with Crippen LogP contribution in [-0.4, -0.2) is 115 Å².